The summed E-state index contributed by atoms with van der Waals surface area (Å²) in [6, 6.07) is 7.54. The molecule has 1 aromatic carbocycles. The Bertz CT molecular complexity index is 652. The summed E-state index contributed by atoms with van der Waals surface area (Å²) in [4.78, 5) is 24.5. The van der Waals surface area contributed by atoms with Crippen LogP contribution in [-0.2, 0) is 14.3 Å². The van der Waals surface area contributed by atoms with Crippen LogP contribution in [0.25, 0.3) is 0 Å². The van der Waals surface area contributed by atoms with Crippen molar-refractivity contribution in [2.24, 2.45) is 5.41 Å². The van der Waals surface area contributed by atoms with E-state index in [1.165, 1.54) is 0 Å². The predicted molar refractivity (Wildman–Crippen MR) is 81.5 cm³/mol. The van der Waals surface area contributed by atoms with Gasteiger partial charge in [-0.1, -0.05) is 26.0 Å². The minimum atomic E-state index is -0.259. The second-order valence-electron chi connectivity index (χ2n) is 6.78. The van der Waals surface area contributed by atoms with E-state index in [1.807, 2.05) is 38.1 Å². The van der Waals surface area contributed by atoms with Gasteiger partial charge in [-0.15, -0.1) is 0 Å². The van der Waals surface area contributed by atoms with Gasteiger partial charge < -0.3 is 9.47 Å². The van der Waals surface area contributed by atoms with E-state index in [9.17, 15) is 9.59 Å². The number of hydrogen-bond donors (Lipinski definition) is 0. The van der Waals surface area contributed by atoms with Gasteiger partial charge in [-0.25, -0.2) is 0 Å². The molecule has 0 aromatic heterocycles. The molecule has 1 aliphatic heterocycles. The fourth-order valence-corrected chi connectivity index (χ4v) is 3.33. The molecular weight excluding hydrogens is 280 g/mol. The Morgan fingerprint density at radius 3 is 2.45 bits per heavy atom. The van der Waals surface area contributed by atoms with E-state index >= 15 is 0 Å². The number of methoxy groups -OCH3 is 1. The van der Waals surface area contributed by atoms with E-state index in [4.69, 9.17) is 9.47 Å². The van der Waals surface area contributed by atoms with Crippen molar-refractivity contribution < 1.29 is 19.1 Å². The molecule has 1 atom stereocenters. The molecule has 0 saturated heterocycles. The van der Waals surface area contributed by atoms with Crippen LogP contribution in [0.1, 0.15) is 44.6 Å². The van der Waals surface area contributed by atoms with Crippen molar-refractivity contribution in [2.75, 3.05) is 7.11 Å². The maximum absolute atomic E-state index is 12.6. The van der Waals surface area contributed by atoms with Crippen LogP contribution in [0.3, 0.4) is 0 Å². The summed E-state index contributed by atoms with van der Waals surface area (Å²) >= 11 is 0. The van der Waals surface area contributed by atoms with Crippen LogP contribution in [0.2, 0.25) is 0 Å². The smallest absolute Gasteiger partial charge is 0.311 e. The molecule has 4 heteroatoms. The van der Waals surface area contributed by atoms with Gasteiger partial charge in [-0.05, 0) is 23.1 Å². The van der Waals surface area contributed by atoms with Crippen LogP contribution in [0.5, 0.6) is 5.75 Å². The number of ketones is 1. The van der Waals surface area contributed by atoms with Crippen molar-refractivity contribution in [3.05, 3.63) is 41.2 Å². The zero-order chi connectivity index (χ0) is 15.9. The van der Waals surface area contributed by atoms with E-state index in [0.717, 1.165) is 11.3 Å². The lowest BCUT2D eigenvalue weighted by Crippen LogP contribution is -2.33. The van der Waals surface area contributed by atoms with Gasteiger partial charge in [0.2, 0.25) is 0 Å². The van der Waals surface area contributed by atoms with E-state index in [-0.39, 0.29) is 29.5 Å². The van der Waals surface area contributed by atoms with Crippen LogP contribution in [0.15, 0.2) is 35.6 Å². The van der Waals surface area contributed by atoms with Gasteiger partial charge in [0.1, 0.15) is 11.5 Å². The highest BCUT2D eigenvalue weighted by atomic mass is 16.5. The Morgan fingerprint density at radius 1 is 1.14 bits per heavy atom. The molecule has 116 valence electrons. The monoisotopic (exact) mass is 300 g/mol. The highest BCUT2D eigenvalue weighted by Crippen LogP contribution is 2.45. The molecule has 0 unspecified atom stereocenters. The van der Waals surface area contributed by atoms with Crippen LogP contribution >= 0.6 is 0 Å². The zero-order valence-corrected chi connectivity index (χ0v) is 13.1. The van der Waals surface area contributed by atoms with Crippen molar-refractivity contribution in [1.29, 1.82) is 0 Å². The first-order valence-electron chi connectivity index (χ1n) is 7.50. The summed E-state index contributed by atoms with van der Waals surface area (Å²) in [6.45, 7) is 4.05. The largest absolute Gasteiger partial charge is 0.497 e. The van der Waals surface area contributed by atoms with Gasteiger partial charge in [0.15, 0.2) is 5.78 Å². The third-order valence-corrected chi connectivity index (χ3v) is 4.35. The fourth-order valence-electron chi connectivity index (χ4n) is 3.33. The molecule has 1 aliphatic carbocycles. The van der Waals surface area contributed by atoms with E-state index in [0.29, 0.717) is 24.2 Å². The van der Waals surface area contributed by atoms with Gasteiger partial charge in [0.05, 0.1) is 13.5 Å². The number of Topliss-reactive ketones (excluding diaryl/α,β-unsaturated/α-hetero) is 1. The molecule has 0 bridgehead atoms. The average Bonchev–Trinajstić information content (AvgIpc) is 2.44. The van der Waals surface area contributed by atoms with Crippen molar-refractivity contribution in [3.63, 3.8) is 0 Å². The van der Waals surface area contributed by atoms with E-state index in [2.05, 4.69) is 0 Å². The standard InChI is InChI=1S/C18H20O4/c1-18(2)9-14(19)17-13(8-16(20)22-15(17)10-18)11-4-6-12(21-3)7-5-11/h4-7,13H,8-10H2,1-3H3/t13-/m1/s1. The van der Waals surface area contributed by atoms with Gasteiger partial charge in [0.25, 0.3) is 0 Å². The van der Waals surface area contributed by atoms with E-state index < -0.39 is 0 Å². The van der Waals surface area contributed by atoms with Crippen molar-refractivity contribution in [1.82, 2.24) is 0 Å². The molecule has 0 saturated carbocycles. The molecule has 3 rings (SSSR count). The van der Waals surface area contributed by atoms with Crippen LogP contribution < -0.4 is 4.74 Å². The maximum atomic E-state index is 12.6. The number of benzene rings is 1. The molecule has 22 heavy (non-hydrogen) atoms. The third kappa shape index (κ3) is 2.65. The van der Waals surface area contributed by atoms with Crippen LogP contribution in [-0.4, -0.2) is 18.9 Å². The molecule has 0 fully saturated rings. The Hall–Kier alpha value is -2.10. The lowest BCUT2D eigenvalue weighted by Gasteiger charge is -2.36. The number of hydrogen-bond acceptors (Lipinski definition) is 4. The molecule has 4 nitrogen and oxygen atoms in total. The van der Waals surface area contributed by atoms with Crippen LogP contribution in [0, 0.1) is 5.41 Å². The van der Waals surface area contributed by atoms with E-state index in [1.54, 1.807) is 7.11 Å². The number of carbonyl (C=O) groups excluding carboxylic acids is 2. The normalized spacial score (nSPS) is 23.9. The fraction of sp³-hybridized carbons (Fsp3) is 0.444. The molecule has 2 aliphatic rings. The maximum Gasteiger partial charge on any atom is 0.311 e. The average molecular weight is 300 g/mol. The molecule has 0 spiro atoms. The number of esters is 1. The Balaban J connectivity index is 2.02. The summed E-state index contributed by atoms with van der Waals surface area (Å²) in [5, 5.41) is 0. The number of allylic oxidation sites excluding steroid dienone is 2. The van der Waals surface area contributed by atoms with Crippen LogP contribution in [0.4, 0.5) is 0 Å². The third-order valence-electron chi connectivity index (χ3n) is 4.35. The van der Waals surface area contributed by atoms with Gasteiger partial charge >= 0.3 is 5.97 Å². The SMILES string of the molecule is COc1ccc([C@H]2CC(=O)OC3=C2C(=O)CC(C)(C)C3)cc1. The molecule has 0 N–H and O–H groups in total. The lowest BCUT2D eigenvalue weighted by molar-refractivity contribution is -0.142. The zero-order valence-electron chi connectivity index (χ0n) is 13.1. The minimum Gasteiger partial charge on any atom is -0.497 e. The van der Waals surface area contributed by atoms with Gasteiger partial charge in [0, 0.05) is 24.3 Å². The predicted octanol–water partition coefficient (Wildman–Crippen LogP) is 3.37. The number of carbonyl (C=O) groups is 2. The molecule has 1 aromatic rings. The second-order valence-corrected chi connectivity index (χ2v) is 6.78. The van der Waals surface area contributed by atoms with Crippen molar-refractivity contribution >= 4 is 11.8 Å². The number of ether oxygens (including phenoxy) is 2. The van der Waals surface area contributed by atoms with Gasteiger partial charge in [-0.2, -0.15) is 0 Å². The molecule has 0 radical (unpaired) electrons. The first-order chi connectivity index (χ1) is 10.4. The molecule has 1 heterocycles. The summed E-state index contributed by atoms with van der Waals surface area (Å²) in [7, 11) is 1.61. The molecular formula is C18H20O4. The topological polar surface area (TPSA) is 52.6 Å². The quantitative estimate of drug-likeness (QED) is 0.786. The van der Waals surface area contributed by atoms with Crippen molar-refractivity contribution in [2.45, 2.75) is 39.0 Å². The van der Waals surface area contributed by atoms with Crippen molar-refractivity contribution in [3.8, 4) is 5.75 Å². The van der Waals surface area contributed by atoms with Gasteiger partial charge in [-0.3, -0.25) is 9.59 Å². The Morgan fingerprint density at radius 2 is 1.82 bits per heavy atom. The second kappa shape index (κ2) is 5.27. The number of rotatable bonds is 2. The Kier molecular flexibility index (Phi) is 3.55. The summed E-state index contributed by atoms with van der Waals surface area (Å²) < 4.78 is 10.6. The molecule has 0 amide bonds. The minimum absolute atomic E-state index is 0.0968. The lowest BCUT2D eigenvalue weighted by atomic mass is 9.71. The summed E-state index contributed by atoms with van der Waals surface area (Å²) in [5.74, 6) is 0.959. The summed E-state index contributed by atoms with van der Waals surface area (Å²) in [6.07, 6.45) is 1.35. The highest BCUT2D eigenvalue weighted by molar-refractivity contribution is 6.00. The summed E-state index contributed by atoms with van der Waals surface area (Å²) in [5.41, 5.74) is 1.49. The Labute approximate surface area is 130 Å². The first kappa shape index (κ1) is 14.8. The first-order valence-corrected chi connectivity index (χ1v) is 7.50. The highest BCUT2D eigenvalue weighted by Gasteiger charge is 2.41.